The minimum absolute atomic E-state index is 0.143. The summed E-state index contributed by atoms with van der Waals surface area (Å²) in [6.45, 7) is 1.99. The molecule has 6 heteroatoms. The zero-order chi connectivity index (χ0) is 20.6. The molecule has 0 saturated carbocycles. The first-order valence-corrected chi connectivity index (χ1v) is 9.93. The van der Waals surface area contributed by atoms with Gasteiger partial charge in [-0.2, -0.15) is 5.26 Å². The Balaban J connectivity index is 1.65. The van der Waals surface area contributed by atoms with Crippen LogP contribution in [0.15, 0.2) is 77.7 Å². The van der Waals surface area contributed by atoms with Crippen LogP contribution in [0.5, 0.6) is 0 Å². The second kappa shape index (κ2) is 9.58. The van der Waals surface area contributed by atoms with E-state index in [9.17, 15) is 9.59 Å². The highest BCUT2D eigenvalue weighted by atomic mass is 32.2. The second-order valence-electron chi connectivity index (χ2n) is 6.35. The molecule has 0 radical (unpaired) electrons. The Kier molecular flexibility index (Phi) is 6.67. The average Bonchev–Trinajstić information content (AvgIpc) is 2.74. The summed E-state index contributed by atoms with van der Waals surface area (Å²) in [5.41, 5.74) is 3.36. The minimum atomic E-state index is -0.290. The van der Waals surface area contributed by atoms with Crippen molar-refractivity contribution in [3.8, 4) is 6.07 Å². The molecule has 0 bridgehead atoms. The van der Waals surface area contributed by atoms with Gasteiger partial charge in [-0.15, -0.1) is 11.8 Å². The number of hydrogen-bond acceptors (Lipinski definition) is 4. The van der Waals surface area contributed by atoms with Gasteiger partial charge in [-0.3, -0.25) is 9.59 Å². The predicted octanol–water partition coefficient (Wildman–Crippen LogP) is 4.85. The highest BCUT2D eigenvalue weighted by molar-refractivity contribution is 8.00. The summed E-state index contributed by atoms with van der Waals surface area (Å²) in [5, 5.41) is 14.6. The largest absolute Gasteiger partial charge is 0.325 e. The molecule has 3 aromatic rings. The summed E-state index contributed by atoms with van der Waals surface area (Å²) in [6.07, 6.45) is 0. The Morgan fingerprint density at radius 3 is 2.45 bits per heavy atom. The van der Waals surface area contributed by atoms with Crippen molar-refractivity contribution < 1.29 is 9.59 Å². The lowest BCUT2D eigenvalue weighted by atomic mass is 10.2. The minimum Gasteiger partial charge on any atom is -0.325 e. The molecule has 0 aliphatic rings. The summed E-state index contributed by atoms with van der Waals surface area (Å²) in [7, 11) is 0. The van der Waals surface area contributed by atoms with Gasteiger partial charge in [0.1, 0.15) is 0 Å². The molecule has 29 heavy (non-hydrogen) atoms. The lowest BCUT2D eigenvalue weighted by Crippen LogP contribution is -2.16. The number of benzene rings is 3. The topological polar surface area (TPSA) is 82.0 Å². The number of hydrogen-bond donors (Lipinski definition) is 2. The number of carbonyl (C=O) groups is 2. The van der Waals surface area contributed by atoms with Gasteiger partial charge in [0.25, 0.3) is 5.91 Å². The van der Waals surface area contributed by atoms with Crippen LogP contribution >= 0.6 is 11.8 Å². The first-order valence-electron chi connectivity index (χ1n) is 8.95. The monoisotopic (exact) mass is 401 g/mol. The summed E-state index contributed by atoms with van der Waals surface area (Å²) in [5.74, 6) is -0.250. The molecular weight excluding hydrogens is 382 g/mol. The number of nitriles is 1. The third-order valence-corrected chi connectivity index (χ3v) is 5.15. The van der Waals surface area contributed by atoms with Crippen molar-refractivity contribution in [2.24, 2.45) is 0 Å². The van der Waals surface area contributed by atoms with Crippen molar-refractivity contribution >= 4 is 35.0 Å². The fourth-order valence-electron chi connectivity index (χ4n) is 2.62. The molecule has 0 aliphatic carbocycles. The summed E-state index contributed by atoms with van der Waals surface area (Å²) >= 11 is 1.30. The van der Waals surface area contributed by atoms with E-state index in [4.69, 9.17) is 5.26 Å². The van der Waals surface area contributed by atoms with Crippen molar-refractivity contribution in [1.82, 2.24) is 0 Å². The van der Waals surface area contributed by atoms with Crippen LogP contribution in [0.4, 0.5) is 11.4 Å². The van der Waals surface area contributed by atoms with Gasteiger partial charge in [-0.05, 0) is 49.4 Å². The van der Waals surface area contributed by atoms with E-state index in [0.717, 1.165) is 11.3 Å². The van der Waals surface area contributed by atoms with E-state index in [0.29, 0.717) is 21.7 Å². The molecule has 144 valence electrons. The van der Waals surface area contributed by atoms with Gasteiger partial charge in [0.15, 0.2) is 0 Å². The second-order valence-corrected chi connectivity index (χ2v) is 7.36. The number of thioether (sulfide) groups is 1. The van der Waals surface area contributed by atoms with Crippen LogP contribution in [-0.2, 0) is 4.79 Å². The number of rotatable bonds is 6. The Morgan fingerprint density at radius 2 is 1.69 bits per heavy atom. The van der Waals surface area contributed by atoms with E-state index in [1.165, 1.54) is 11.8 Å². The molecule has 0 spiro atoms. The maximum atomic E-state index is 12.7. The maximum Gasteiger partial charge on any atom is 0.256 e. The smallest absolute Gasteiger partial charge is 0.256 e. The van der Waals surface area contributed by atoms with Crippen LogP contribution in [0, 0.1) is 18.3 Å². The molecule has 0 atom stereocenters. The normalized spacial score (nSPS) is 10.1. The standard InChI is InChI=1S/C23H19N3O2S/c1-16-9-11-18(12-10-16)25-22(27)15-29-21-8-3-2-7-20(21)23(28)26-19-6-4-5-17(13-19)14-24/h2-13H,15H2,1H3,(H,25,27)(H,26,28). The molecule has 0 unspecified atom stereocenters. The first kappa shape index (κ1) is 20.2. The van der Waals surface area contributed by atoms with E-state index in [1.807, 2.05) is 49.4 Å². The quantitative estimate of drug-likeness (QED) is 0.579. The maximum absolute atomic E-state index is 12.7. The van der Waals surface area contributed by atoms with Crippen LogP contribution in [0.25, 0.3) is 0 Å². The van der Waals surface area contributed by atoms with Crippen LogP contribution in [0.3, 0.4) is 0 Å². The highest BCUT2D eigenvalue weighted by Gasteiger charge is 2.13. The molecule has 0 heterocycles. The van der Waals surface area contributed by atoms with E-state index < -0.39 is 0 Å². The molecule has 3 aromatic carbocycles. The van der Waals surface area contributed by atoms with E-state index in [1.54, 1.807) is 36.4 Å². The van der Waals surface area contributed by atoms with Crippen molar-refractivity contribution in [3.63, 3.8) is 0 Å². The number of anilines is 2. The van der Waals surface area contributed by atoms with Crippen LogP contribution in [0.2, 0.25) is 0 Å². The molecule has 3 rings (SSSR count). The Hall–Kier alpha value is -3.56. The highest BCUT2D eigenvalue weighted by Crippen LogP contribution is 2.24. The van der Waals surface area contributed by atoms with E-state index in [-0.39, 0.29) is 17.6 Å². The first-order chi connectivity index (χ1) is 14.0. The van der Waals surface area contributed by atoms with Crippen LogP contribution < -0.4 is 10.6 Å². The fourth-order valence-corrected chi connectivity index (χ4v) is 3.47. The van der Waals surface area contributed by atoms with E-state index >= 15 is 0 Å². The number of carbonyl (C=O) groups excluding carboxylic acids is 2. The Bertz CT molecular complexity index is 1070. The Labute approximate surface area is 173 Å². The molecule has 0 aromatic heterocycles. The number of nitrogens with zero attached hydrogens (tertiary/aromatic N) is 1. The zero-order valence-corrected chi connectivity index (χ0v) is 16.6. The number of aryl methyl sites for hydroxylation is 1. The van der Waals surface area contributed by atoms with Gasteiger partial charge < -0.3 is 10.6 Å². The third kappa shape index (κ3) is 5.71. The van der Waals surface area contributed by atoms with Crippen molar-refractivity contribution in [2.75, 3.05) is 16.4 Å². The molecule has 2 amide bonds. The van der Waals surface area contributed by atoms with E-state index in [2.05, 4.69) is 10.6 Å². The molecule has 5 nitrogen and oxygen atoms in total. The Morgan fingerprint density at radius 1 is 0.931 bits per heavy atom. The third-order valence-electron chi connectivity index (χ3n) is 4.08. The SMILES string of the molecule is Cc1ccc(NC(=O)CSc2ccccc2C(=O)Nc2cccc(C#N)c2)cc1. The van der Waals surface area contributed by atoms with Crippen molar-refractivity contribution in [2.45, 2.75) is 11.8 Å². The summed E-state index contributed by atoms with van der Waals surface area (Å²) in [4.78, 5) is 25.7. The van der Waals surface area contributed by atoms with Gasteiger partial charge in [-0.25, -0.2) is 0 Å². The van der Waals surface area contributed by atoms with Gasteiger partial charge in [-0.1, -0.05) is 35.9 Å². The number of nitrogens with one attached hydrogen (secondary N) is 2. The van der Waals surface area contributed by atoms with Gasteiger partial charge in [0.2, 0.25) is 5.91 Å². The molecule has 0 aliphatic heterocycles. The summed E-state index contributed by atoms with van der Waals surface area (Å²) in [6, 6.07) is 23.5. The molecule has 0 fully saturated rings. The van der Waals surface area contributed by atoms with Crippen LogP contribution in [0.1, 0.15) is 21.5 Å². The molecule has 0 saturated heterocycles. The predicted molar refractivity (Wildman–Crippen MR) is 116 cm³/mol. The average molecular weight is 401 g/mol. The van der Waals surface area contributed by atoms with Gasteiger partial charge >= 0.3 is 0 Å². The lowest BCUT2D eigenvalue weighted by Gasteiger charge is -2.10. The number of amides is 2. The zero-order valence-electron chi connectivity index (χ0n) is 15.8. The van der Waals surface area contributed by atoms with Gasteiger partial charge in [0, 0.05) is 16.3 Å². The van der Waals surface area contributed by atoms with Crippen LogP contribution in [-0.4, -0.2) is 17.6 Å². The van der Waals surface area contributed by atoms with Gasteiger partial charge in [0.05, 0.1) is 22.9 Å². The molecular formula is C23H19N3O2S. The summed E-state index contributed by atoms with van der Waals surface area (Å²) < 4.78 is 0. The van der Waals surface area contributed by atoms with Crippen molar-refractivity contribution in [1.29, 1.82) is 5.26 Å². The molecule has 2 N–H and O–H groups in total. The lowest BCUT2D eigenvalue weighted by molar-refractivity contribution is -0.113. The van der Waals surface area contributed by atoms with Crippen molar-refractivity contribution in [3.05, 3.63) is 89.5 Å². The fraction of sp³-hybridized carbons (Fsp3) is 0.0870.